The zero-order valence-corrected chi connectivity index (χ0v) is 11.1. The molecule has 5 heteroatoms. The van der Waals surface area contributed by atoms with Gasteiger partial charge in [-0.2, -0.15) is 0 Å². The van der Waals surface area contributed by atoms with Crippen molar-refractivity contribution >= 4 is 0 Å². The minimum Gasteiger partial charge on any atom is -0.345 e. The molecule has 1 heterocycles. The minimum atomic E-state index is 0.775. The number of nitrogens with zero attached hydrogens (tertiary/aromatic N) is 1. The lowest BCUT2D eigenvalue weighted by atomic mass is 10.3. The molecule has 5 nitrogen and oxygen atoms in total. The quantitative estimate of drug-likeness (QED) is 0.444. The summed E-state index contributed by atoms with van der Waals surface area (Å²) in [5, 5.41) is 9.36. The molecule has 0 aromatic rings. The SMILES string of the molecule is NCCN1CCCNCCNCCC[NH2+]CC1. The molecular weight excluding hydrogens is 214 g/mol. The summed E-state index contributed by atoms with van der Waals surface area (Å²) < 4.78 is 0. The first kappa shape index (κ1) is 14.9. The molecule has 6 N–H and O–H groups in total. The molecule has 17 heavy (non-hydrogen) atoms. The fraction of sp³-hybridized carbons (Fsp3) is 1.00. The summed E-state index contributed by atoms with van der Waals surface area (Å²) >= 11 is 0. The van der Waals surface area contributed by atoms with Gasteiger partial charge in [-0.1, -0.05) is 0 Å². The topological polar surface area (TPSA) is 69.9 Å². The maximum absolute atomic E-state index is 5.65. The van der Waals surface area contributed by atoms with Crippen LogP contribution in [0.3, 0.4) is 0 Å². The molecule has 0 amide bonds. The number of hydrogen-bond donors (Lipinski definition) is 4. The molecule has 0 radical (unpaired) electrons. The van der Waals surface area contributed by atoms with Gasteiger partial charge in [0.05, 0.1) is 13.1 Å². The highest BCUT2D eigenvalue weighted by Gasteiger charge is 2.04. The van der Waals surface area contributed by atoms with Crippen molar-refractivity contribution in [2.24, 2.45) is 5.73 Å². The molecule has 0 unspecified atom stereocenters. The molecule has 0 aromatic carbocycles. The zero-order valence-electron chi connectivity index (χ0n) is 11.1. The Balaban J connectivity index is 2.19. The lowest BCUT2D eigenvalue weighted by Crippen LogP contribution is -2.86. The van der Waals surface area contributed by atoms with Gasteiger partial charge in [0, 0.05) is 45.7 Å². The van der Waals surface area contributed by atoms with Crippen LogP contribution in [0, 0.1) is 0 Å². The third-order valence-corrected chi connectivity index (χ3v) is 3.16. The van der Waals surface area contributed by atoms with Crippen LogP contribution in [-0.4, -0.2) is 70.3 Å². The number of rotatable bonds is 2. The summed E-state index contributed by atoms with van der Waals surface area (Å²) in [5.41, 5.74) is 5.65. The Hall–Kier alpha value is -0.200. The molecular formula is C12H30N5+. The number of hydrogen-bond acceptors (Lipinski definition) is 4. The van der Waals surface area contributed by atoms with Crippen molar-refractivity contribution in [1.29, 1.82) is 0 Å². The van der Waals surface area contributed by atoms with Crippen LogP contribution < -0.4 is 21.7 Å². The molecule has 0 aromatic heterocycles. The lowest BCUT2D eigenvalue weighted by Gasteiger charge is -2.21. The molecule has 0 aliphatic carbocycles. The zero-order chi connectivity index (χ0) is 12.2. The van der Waals surface area contributed by atoms with E-state index >= 15 is 0 Å². The fourth-order valence-electron chi connectivity index (χ4n) is 2.16. The second kappa shape index (κ2) is 10.9. The van der Waals surface area contributed by atoms with Crippen LogP contribution in [0.2, 0.25) is 0 Å². The van der Waals surface area contributed by atoms with E-state index in [9.17, 15) is 0 Å². The fourth-order valence-corrected chi connectivity index (χ4v) is 2.16. The molecule has 0 spiro atoms. The number of nitrogens with one attached hydrogen (secondary N) is 2. The smallest absolute Gasteiger partial charge is 0.0884 e. The van der Waals surface area contributed by atoms with Gasteiger partial charge in [0.2, 0.25) is 0 Å². The summed E-state index contributed by atoms with van der Waals surface area (Å²) in [4.78, 5) is 2.49. The summed E-state index contributed by atoms with van der Waals surface area (Å²) in [6, 6.07) is 0. The van der Waals surface area contributed by atoms with Crippen molar-refractivity contribution in [3.05, 3.63) is 0 Å². The Bertz CT molecular complexity index is 151. The van der Waals surface area contributed by atoms with Gasteiger partial charge >= 0.3 is 0 Å². The standard InChI is InChI=1S/C12H29N5/c13-3-11-17-10-2-6-15-8-7-14-4-1-5-16-9-12-17/h14-16H,1-13H2/p+1. The maximum Gasteiger partial charge on any atom is 0.0884 e. The van der Waals surface area contributed by atoms with Crippen molar-refractivity contribution in [3.8, 4) is 0 Å². The van der Waals surface area contributed by atoms with Crippen molar-refractivity contribution < 1.29 is 5.32 Å². The molecule has 0 bridgehead atoms. The van der Waals surface area contributed by atoms with Crippen LogP contribution in [0.4, 0.5) is 0 Å². The van der Waals surface area contributed by atoms with Crippen LogP contribution in [0.25, 0.3) is 0 Å². The molecule has 0 saturated carbocycles. The average Bonchev–Trinajstić information content (AvgIpc) is 2.34. The minimum absolute atomic E-state index is 0.775. The third kappa shape index (κ3) is 8.51. The van der Waals surface area contributed by atoms with Gasteiger partial charge in [0.1, 0.15) is 0 Å². The van der Waals surface area contributed by atoms with Gasteiger partial charge in [0.15, 0.2) is 0 Å². The van der Waals surface area contributed by atoms with Crippen molar-refractivity contribution in [2.45, 2.75) is 12.8 Å². The van der Waals surface area contributed by atoms with Gasteiger partial charge in [-0.3, -0.25) is 4.90 Å². The van der Waals surface area contributed by atoms with Crippen molar-refractivity contribution in [1.82, 2.24) is 15.5 Å². The molecule has 1 aliphatic heterocycles. The third-order valence-electron chi connectivity index (χ3n) is 3.16. The maximum atomic E-state index is 5.65. The summed E-state index contributed by atoms with van der Waals surface area (Å²) in [5.74, 6) is 0. The van der Waals surface area contributed by atoms with E-state index in [0.29, 0.717) is 0 Å². The average molecular weight is 244 g/mol. The first-order valence-corrected chi connectivity index (χ1v) is 7.09. The lowest BCUT2D eigenvalue weighted by molar-refractivity contribution is -0.654. The predicted molar refractivity (Wildman–Crippen MR) is 72.1 cm³/mol. The molecule has 1 saturated heterocycles. The Morgan fingerprint density at radius 2 is 1.71 bits per heavy atom. The number of nitrogens with two attached hydrogens (primary N) is 2. The van der Waals surface area contributed by atoms with Crippen LogP contribution in [0.1, 0.15) is 12.8 Å². The summed E-state index contributed by atoms with van der Waals surface area (Å²) in [6.45, 7) is 11.0. The molecule has 1 fully saturated rings. The monoisotopic (exact) mass is 244 g/mol. The van der Waals surface area contributed by atoms with E-state index in [1.807, 2.05) is 0 Å². The second-order valence-electron chi connectivity index (χ2n) is 4.70. The second-order valence-corrected chi connectivity index (χ2v) is 4.70. The largest absolute Gasteiger partial charge is 0.345 e. The summed E-state index contributed by atoms with van der Waals surface area (Å²) in [6.07, 6.45) is 2.48. The van der Waals surface area contributed by atoms with Crippen molar-refractivity contribution in [2.75, 3.05) is 65.4 Å². The van der Waals surface area contributed by atoms with Crippen LogP contribution in [0.5, 0.6) is 0 Å². The molecule has 1 aliphatic rings. The van der Waals surface area contributed by atoms with Gasteiger partial charge in [0.25, 0.3) is 0 Å². The van der Waals surface area contributed by atoms with Gasteiger partial charge < -0.3 is 21.7 Å². The first-order chi connectivity index (χ1) is 8.43. The number of quaternary nitrogens is 1. The highest BCUT2D eigenvalue weighted by atomic mass is 15.1. The van der Waals surface area contributed by atoms with Gasteiger partial charge in [-0.05, 0) is 19.5 Å². The normalized spacial score (nSPS) is 23.1. The molecule has 1 rings (SSSR count). The van der Waals surface area contributed by atoms with Crippen molar-refractivity contribution in [3.63, 3.8) is 0 Å². The van der Waals surface area contributed by atoms with E-state index in [4.69, 9.17) is 5.73 Å². The van der Waals surface area contributed by atoms with Crippen LogP contribution >= 0.6 is 0 Å². The highest BCUT2D eigenvalue weighted by Crippen LogP contribution is 1.89. The van der Waals surface area contributed by atoms with Gasteiger partial charge in [-0.25, -0.2) is 0 Å². The molecule has 102 valence electrons. The molecule has 0 atom stereocenters. The van der Waals surface area contributed by atoms with E-state index in [1.54, 1.807) is 0 Å². The highest BCUT2D eigenvalue weighted by molar-refractivity contribution is 4.60. The Morgan fingerprint density at radius 3 is 2.47 bits per heavy atom. The first-order valence-electron chi connectivity index (χ1n) is 7.09. The predicted octanol–water partition coefficient (Wildman–Crippen LogP) is -2.22. The van der Waals surface area contributed by atoms with E-state index in [2.05, 4.69) is 20.9 Å². The van der Waals surface area contributed by atoms with Crippen LogP contribution in [-0.2, 0) is 0 Å². The summed E-state index contributed by atoms with van der Waals surface area (Å²) in [7, 11) is 0. The Labute approximate surface area is 105 Å². The van der Waals surface area contributed by atoms with E-state index in [-0.39, 0.29) is 0 Å². The van der Waals surface area contributed by atoms with E-state index in [0.717, 1.165) is 39.3 Å². The Morgan fingerprint density at radius 1 is 0.941 bits per heavy atom. The van der Waals surface area contributed by atoms with Gasteiger partial charge in [-0.15, -0.1) is 0 Å². The van der Waals surface area contributed by atoms with E-state index in [1.165, 1.54) is 39.0 Å². The van der Waals surface area contributed by atoms with E-state index < -0.39 is 0 Å². The Kier molecular flexibility index (Phi) is 9.55. The van der Waals surface area contributed by atoms with Crippen LogP contribution in [0.15, 0.2) is 0 Å².